The van der Waals surface area contributed by atoms with E-state index in [1.54, 1.807) is 53.7 Å². The molecule has 0 bridgehead atoms. The molecule has 1 aliphatic rings. The third-order valence-corrected chi connectivity index (χ3v) is 6.92. The van der Waals surface area contributed by atoms with Gasteiger partial charge in [-0.2, -0.15) is 0 Å². The molecule has 0 aliphatic carbocycles. The van der Waals surface area contributed by atoms with Gasteiger partial charge in [0.05, 0.1) is 33.3 Å². The summed E-state index contributed by atoms with van der Waals surface area (Å²) in [5.41, 5.74) is 1.32. The molecule has 0 spiro atoms. The molecule has 0 radical (unpaired) electrons. The molecule has 41 heavy (non-hydrogen) atoms. The Morgan fingerprint density at radius 3 is 2.34 bits per heavy atom. The van der Waals surface area contributed by atoms with Crippen LogP contribution >= 0.6 is 23.4 Å². The summed E-state index contributed by atoms with van der Waals surface area (Å²) in [4.78, 5) is 52.9. The first-order valence-electron chi connectivity index (χ1n) is 12.9. The highest BCUT2D eigenvalue weighted by Gasteiger charge is 2.35. The molecule has 1 aliphatic heterocycles. The molecule has 4 rings (SSSR count). The first-order valence-corrected chi connectivity index (χ1v) is 14.5. The standard InChI is InChI=1S/C28H33ClN6O5S/c1-27(2,3)39-25(37)35(26(38)40-28(4,5)6)24-31-14-12-17(34-24)20-21(19-16(32-20)11-13-30-23(19)36)33-18-10-8-9-15(29)22(18)41-7/h8-10,12,14,32-33H,11,13H2,1-7H3,(H,30,36). The number of thioether (sulfide) groups is 1. The van der Waals surface area contributed by atoms with Gasteiger partial charge in [-0.25, -0.2) is 19.6 Å². The molecule has 0 fully saturated rings. The predicted octanol–water partition coefficient (Wildman–Crippen LogP) is 6.55. The molecule has 13 heteroatoms. The Morgan fingerprint density at radius 2 is 1.73 bits per heavy atom. The van der Waals surface area contributed by atoms with Gasteiger partial charge in [-0.3, -0.25) is 4.79 Å². The Bertz CT molecular complexity index is 1470. The summed E-state index contributed by atoms with van der Waals surface area (Å²) in [6.07, 6.45) is 1.91. The lowest BCUT2D eigenvalue weighted by atomic mass is 10.1. The van der Waals surface area contributed by atoms with Gasteiger partial charge in [0.15, 0.2) is 0 Å². The summed E-state index contributed by atoms with van der Waals surface area (Å²) >= 11 is 7.91. The van der Waals surface area contributed by atoms with E-state index in [4.69, 9.17) is 21.1 Å². The van der Waals surface area contributed by atoms with Crippen LogP contribution in [0, 0.1) is 0 Å². The van der Waals surface area contributed by atoms with E-state index in [2.05, 4.69) is 25.6 Å². The van der Waals surface area contributed by atoms with E-state index in [1.807, 2.05) is 18.4 Å². The summed E-state index contributed by atoms with van der Waals surface area (Å²) in [5.74, 6) is -0.496. The number of ether oxygens (including phenoxy) is 2. The fraction of sp³-hybridized carbons (Fsp3) is 0.393. The van der Waals surface area contributed by atoms with Crippen LogP contribution in [-0.4, -0.2) is 57.0 Å². The largest absolute Gasteiger partial charge is 0.443 e. The van der Waals surface area contributed by atoms with Crippen LogP contribution in [-0.2, 0) is 15.9 Å². The molecule has 0 atom stereocenters. The van der Waals surface area contributed by atoms with Gasteiger partial charge in [-0.05, 0) is 66.0 Å². The number of carbonyl (C=O) groups is 3. The zero-order valence-electron chi connectivity index (χ0n) is 24.0. The number of hydrogen-bond donors (Lipinski definition) is 3. The summed E-state index contributed by atoms with van der Waals surface area (Å²) in [6, 6.07) is 7.07. The number of benzene rings is 1. The Balaban J connectivity index is 1.84. The molecule has 218 valence electrons. The lowest BCUT2D eigenvalue weighted by Crippen LogP contribution is -2.44. The summed E-state index contributed by atoms with van der Waals surface area (Å²) < 4.78 is 10.9. The normalized spacial score (nSPS) is 13.2. The lowest BCUT2D eigenvalue weighted by molar-refractivity contribution is 0.0427. The van der Waals surface area contributed by atoms with Crippen LogP contribution < -0.4 is 15.5 Å². The summed E-state index contributed by atoms with van der Waals surface area (Å²) in [5, 5.41) is 6.81. The van der Waals surface area contributed by atoms with Gasteiger partial charge >= 0.3 is 12.2 Å². The van der Waals surface area contributed by atoms with E-state index in [0.717, 1.165) is 10.6 Å². The van der Waals surface area contributed by atoms with Crippen LogP contribution in [0.2, 0.25) is 5.02 Å². The van der Waals surface area contributed by atoms with Gasteiger partial charge in [-0.15, -0.1) is 16.7 Å². The number of carbonyl (C=O) groups excluding carboxylic acids is 3. The number of H-pyrrole nitrogens is 1. The van der Waals surface area contributed by atoms with Crippen LogP contribution in [0.4, 0.5) is 26.9 Å². The minimum atomic E-state index is -0.990. The third kappa shape index (κ3) is 6.94. The van der Waals surface area contributed by atoms with Crippen LogP contribution in [0.25, 0.3) is 11.4 Å². The van der Waals surface area contributed by atoms with Crippen LogP contribution in [0.1, 0.15) is 57.6 Å². The van der Waals surface area contributed by atoms with Crippen molar-refractivity contribution < 1.29 is 23.9 Å². The molecule has 0 unspecified atom stereocenters. The van der Waals surface area contributed by atoms with Crippen LogP contribution in [0.15, 0.2) is 35.4 Å². The number of halogens is 1. The minimum Gasteiger partial charge on any atom is -0.443 e. The maximum atomic E-state index is 13.2. The topological polar surface area (TPSA) is 139 Å². The van der Waals surface area contributed by atoms with Crippen molar-refractivity contribution in [3.05, 3.63) is 46.7 Å². The van der Waals surface area contributed by atoms with Crippen molar-refractivity contribution in [2.75, 3.05) is 23.0 Å². The minimum absolute atomic E-state index is 0.248. The number of hydrogen-bond acceptors (Lipinski definition) is 9. The van der Waals surface area contributed by atoms with E-state index in [9.17, 15) is 14.4 Å². The number of imide groups is 1. The number of rotatable bonds is 5. The van der Waals surface area contributed by atoms with Crippen molar-refractivity contribution in [2.24, 2.45) is 0 Å². The van der Waals surface area contributed by atoms with Gasteiger partial charge < -0.3 is 25.1 Å². The highest BCUT2D eigenvalue weighted by molar-refractivity contribution is 7.98. The molecule has 1 aromatic carbocycles. The number of aromatic amines is 1. The van der Waals surface area contributed by atoms with E-state index >= 15 is 0 Å². The molecule has 0 saturated carbocycles. The highest BCUT2D eigenvalue weighted by Crippen LogP contribution is 2.40. The third-order valence-electron chi connectivity index (χ3n) is 5.65. The van der Waals surface area contributed by atoms with Gasteiger partial charge in [0.1, 0.15) is 11.2 Å². The van der Waals surface area contributed by atoms with Gasteiger partial charge in [0.2, 0.25) is 5.95 Å². The second kappa shape index (κ2) is 11.6. The van der Waals surface area contributed by atoms with Crippen molar-refractivity contribution in [3.8, 4) is 11.4 Å². The fourth-order valence-corrected chi connectivity index (χ4v) is 5.10. The van der Waals surface area contributed by atoms with Crippen molar-refractivity contribution >= 4 is 58.8 Å². The molecular weight excluding hydrogens is 568 g/mol. The number of aromatic nitrogens is 3. The molecule has 2 aromatic heterocycles. The van der Waals surface area contributed by atoms with Gasteiger partial charge in [0.25, 0.3) is 5.91 Å². The zero-order valence-corrected chi connectivity index (χ0v) is 25.5. The molecule has 3 aromatic rings. The molecule has 3 N–H and O–H groups in total. The molecule has 0 saturated heterocycles. The average molecular weight is 601 g/mol. The van der Waals surface area contributed by atoms with E-state index < -0.39 is 23.4 Å². The lowest BCUT2D eigenvalue weighted by Gasteiger charge is -2.27. The number of anilines is 3. The molecule has 3 heterocycles. The Labute approximate surface area is 247 Å². The van der Waals surface area contributed by atoms with Crippen molar-refractivity contribution in [1.82, 2.24) is 20.3 Å². The first kappa shape index (κ1) is 30.2. The average Bonchev–Trinajstić information content (AvgIpc) is 3.22. The zero-order chi connectivity index (χ0) is 30.1. The number of amides is 3. The highest BCUT2D eigenvalue weighted by atomic mass is 35.5. The molecular formula is C28H33ClN6O5S. The second-order valence-corrected chi connectivity index (χ2v) is 12.4. The van der Waals surface area contributed by atoms with Gasteiger partial charge in [0, 0.05) is 29.8 Å². The predicted molar refractivity (Wildman–Crippen MR) is 159 cm³/mol. The maximum absolute atomic E-state index is 13.2. The van der Waals surface area contributed by atoms with Crippen LogP contribution in [0.3, 0.4) is 0 Å². The number of nitrogens with one attached hydrogen (secondary N) is 3. The Kier molecular flexibility index (Phi) is 8.55. The van der Waals surface area contributed by atoms with E-state index in [0.29, 0.717) is 51.2 Å². The Morgan fingerprint density at radius 1 is 1.07 bits per heavy atom. The van der Waals surface area contributed by atoms with Crippen molar-refractivity contribution in [1.29, 1.82) is 0 Å². The number of fused-ring (bicyclic) bond motifs is 1. The fourth-order valence-electron chi connectivity index (χ4n) is 4.09. The molecule has 3 amide bonds. The smallest absolute Gasteiger partial charge is 0.427 e. The first-order chi connectivity index (χ1) is 19.2. The summed E-state index contributed by atoms with van der Waals surface area (Å²) in [6.45, 7) is 10.6. The Hall–Kier alpha value is -3.77. The number of nitrogens with zero attached hydrogens (tertiary/aromatic N) is 3. The maximum Gasteiger partial charge on any atom is 0.427 e. The van der Waals surface area contributed by atoms with E-state index in [1.165, 1.54) is 18.0 Å². The van der Waals surface area contributed by atoms with Gasteiger partial charge in [-0.1, -0.05) is 17.7 Å². The quantitative estimate of drug-likeness (QED) is 0.278. The van der Waals surface area contributed by atoms with E-state index in [-0.39, 0.29) is 11.9 Å². The van der Waals surface area contributed by atoms with Crippen molar-refractivity contribution in [2.45, 2.75) is 64.1 Å². The second-order valence-electron chi connectivity index (χ2n) is 11.2. The molecule has 11 nitrogen and oxygen atoms in total. The SMILES string of the molecule is CSc1c(Cl)cccc1Nc1c(-c2ccnc(N(C(=O)OC(C)(C)C)C(=O)OC(C)(C)C)n2)[nH]c2c1C(=O)NCC2. The summed E-state index contributed by atoms with van der Waals surface area (Å²) in [7, 11) is 0. The monoisotopic (exact) mass is 600 g/mol. The van der Waals surface area contributed by atoms with Crippen molar-refractivity contribution in [3.63, 3.8) is 0 Å². The van der Waals surface area contributed by atoms with Crippen LogP contribution in [0.5, 0.6) is 0 Å².